The highest BCUT2D eigenvalue weighted by atomic mass is 16.5. The maximum Gasteiger partial charge on any atom is 0.231 e. The summed E-state index contributed by atoms with van der Waals surface area (Å²) in [5, 5.41) is 13.5. The van der Waals surface area contributed by atoms with Crippen molar-refractivity contribution < 1.29 is 4.74 Å². The van der Waals surface area contributed by atoms with Crippen LogP contribution in [0, 0.1) is 31.1 Å². The van der Waals surface area contributed by atoms with Crippen LogP contribution in [0.25, 0.3) is 5.65 Å². The van der Waals surface area contributed by atoms with Crippen molar-refractivity contribution in [2.24, 2.45) is 5.92 Å². The van der Waals surface area contributed by atoms with Crippen molar-refractivity contribution in [2.45, 2.75) is 26.7 Å². The molecule has 7 nitrogen and oxygen atoms in total. The van der Waals surface area contributed by atoms with E-state index in [4.69, 9.17) is 10.00 Å². The molecule has 0 spiro atoms. The van der Waals surface area contributed by atoms with Crippen LogP contribution in [-0.2, 0) is 0 Å². The molecule has 0 aliphatic carbocycles. The number of rotatable bonds is 4. The first-order chi connectivity index (χ1) is 13.1. The lowest BCUT2D eigenvalue weighted by molar-refractivity contribution is 0.213. The van der Waals surface area contributed by atoms with E-state index >= 15 is 0 Å². The summed E-state index contributed by atoms with van der Waals surface area (Å²) in [5.41, 5.74) is 3.33. The van der Waals surface area contributed by atoms with Gasteiger partial charge < -0.3 is 9.64 Å². The van der Waals surface area contributed by atoms with Gasteiger partial charge in [-0.2, -0.15) is 5.26 Å². The zero-order valence-electron chi connectivity index (χ0n) is 15.6. The topological polar surface area (TPSA) is 79.3 Å². The fourth-order valence-corrected chi connectivity index (χ4v) is 3.41. The minimum Gasteiger partial charge on any atom is -0.476 e. The van der Waals surface area contributed by atoms with Crippen LogP contribution < -0.4 is 9.64 Å². The molecule has 1 aliphatic rings. The van der Waals surface area contributed by atoms with Crippen LogP contribution in [0.3, 0.4) is 0 Å². The van der Waals surface area contributed by atoms with Gasteiger partial charge >= 0.3 is 0 Å². The quantitative estimate of drug-likeness (QED) is 0.710. The lowest BCUT2D eigenvalue weighted by Crippen LogP contribution is -2.36. The number of imidazole rings is 1. The van der Waals surface area contributed by atoms with E-state index in [9.17, 15) is 0 Å². The molecule has 0 atom stereocenters. The highest BCUT2D eigenvalue weighted by Gasteiger charge is 2.21. The third-order valence-corrected chi connectivity index (χ3v) is 5.17. The first-order valence-electron chi connectivity index (χ1n) is 9.22. The molecule has 4 heterocycles. The highest BCUT2D eigenvalue weighted by Crippen LogP contribution is 2.23. The molecule has 0 radical (unpaired) electrons. The molecule has 0 aromatic carbocycles. The van der Waals surface area contributed by atoms with Crippen LogP contribution in [0.5, 0.6) is 5.88 Å². The van der Waals surface area contributed by atoms with Gasteiger partial charge in [-0.25, -0.2) is 14.5 Å². The predicted molar refractivity (Wildman–Crippen MR) is 102 cm³/mol. The standard InChI is InChI=1S/C20H22N6O/c1-14-15(2)26-19(22-14)6-7-20(24-26)27-13-16-8-10-25(11-9-16)18-5-3-4-17(12-21)23-18/h3-7,16H,8-11,13H2,1-2H3. The van der Waals surface area contributed by atoms with Gasteiger partial charge in [-0.3, -0.25) is 0 Å². The minimum absolute atomic E-state index is 0.462. The van der Waals surface area contributed by atoms with Gasteiger partial charge in [-0.05, 0) is 50.8 Å². The molecule has 0 unspecified atom stereocenters. The van der Waals surface area contributed by atoms with Crippen molar-refractivity contribution in [3.05, 3.63) is 47.4 Å². The third kappa shape index (κ3) is 3.56. The first kappa shape index (κ1) is 17.3. The Morgan fingerprint density at radius 1 is 1.15 bits per heavy atom. The fourth-order valence-electron chi connectivity index (χ4n) is 3.41. The van der Waals surface area contributed by atoms with Gasteiger partial charge in [0.1, 0.15) is 17.6 Å². The van der Waals surface area contributed by atoms with Crippen LogP contribution in [0.2, 0.25) is 0 Å². The van der Waals surface area contributed by atoms with Crippen LogP contribution >= 0.6 is 0 Å². The maximum atomic E-state index is 9.01. The molecule has 1 fully saturated rings. The number of anilines is 1. The summed E-state index contributed by atoms with van der Waals surface area (Å²) in [5.74, 6) is 2.00. The zero-order valence-corrected chi connectivity index (χ0v) is 15.6. The van der Waals surface area contributed by atoms with E-state index in [1.807, 2.05) is 42.6 Å². The average Bonchev–Trinajstić information content (AvgIpc) is 3.00. The van der Waals surface area contributed by atoms with Crippen LogP contribution in [-0.4, -0.2) is 39.3 Å². The number of aromatic nitrogens is 4. The van der Waals surface area contributed by atoms with Crippen molar-refractivity contribution in [1.82, 2.24) is 19.6 Å². The largest absolute Gasteiger partial charge is 0.476 e. The number of hydrogen-bond acceptors (Lipinski definition) is 6. The van der Waals surface area contributed by atoms with Gasteiger partial charge in [0.15, 0.2) is 5.65 Å². The van der Waals surface area contributed by atoms with Crippen molar-refractivity contribution in [1.29, 1.82) is 5.26 Å². The maximum absolute atomic E-state index is 9.01. The van der Waals surface area contributed by atoms with Crippen LogP contribution in [0.15, 0.2) is 30.3 Å². The van der Waals surface area contributed by atoms with Crippen molar-refractivity contribution >= 4 is 11.5 Å². The number of hydrogen-bond donors (Lipinski definition) is 0. The number of fused-ring (bicyclic) bond motifs is 1. The minimum atomic E-state index is 0.462. The van der Waals surface area contributed by atoms with Gasteiger partial charge in [-0.1, -0.05) is 6.07 Å². The van der Waals surface area contributed by atoms with E-state index in [1.165, 1.54) is 0 Å². The number of aryl methyl sites for hydroxylation is 2. The van der Waals surface area contributed by atoms with Crippen molar-refractivity contribution in [3.63, 3.8) is 0 Å². The second kappa shape index (κ2) is 7.23. The van der Waals surface area contributed by atoms with E-state index in [1.54, 1.807) is 6.07 Å². The Labute approximate surface area is 158 Å². The Balaban J connectivity index is 1.34. The summed E-state index contributed by atoms with van der Waals surface area (Å²) in [4.78, 5) is 11.1. The molecule has 0 amide bonds. The van der Waals surface area contributed by atoms with Gasteiger partial charge in [0, 0.05) is 19.2 Å². The number of nitriles is 1. The van der Waals surface area contributed by atoms with E-state index < -0.39 is 0 Å². The van der Waals surface area contributed by atoms with Crippen molar-refractivity contribution in [2.75, 3.05) is 24.6 Å². The predicted octanol–water partition coefficient (Wildman–Crippen LogP) is 2.91. The third-order valence-electron chi connectivity index (χ3n) is 5.17. The monoisotopic (exact) mass is 362 g/mol. The molecule has 27 heavy (non-hydrogen) atoms. The summed E-state index contributed by atoms with van der Waals surface area (Å²) >= 11 is 0. The molecule has 1 saturated heterocycles. The van der Waals surface area contributed by atoms with Crippen LogP contribution in [0.1, 0.15) is 29.9 Å². The second-order valence-corrected chi connectivity index (χ2v) is 6.96. The molecule has 3 aromatic rings. The molecule has 3 aromatic heterocycles. The molecule has 7 heteroatoms. The number of piperidine rings is 1. The molecule has 0 bridgehead atoms. The molecular weight excluding hydrogens is 340 g/mol. The summed E-state index contributed by atoms with van der Waals surface area (Å²) in [7, 11) is 0. The van der Waals surface area contributed by atoms with Gasteiger partial charge in [0.2, 0.25) is 5.88 Å². The Morgan fingerprint density at radius 2 is 1.96 bits per heavy atom. The Bertz CT molecular complexity index is 997. The van der Waals surface area contributed by atoms with E-state index in [0.717, 1.165) is 48.8 Å². The van der Waals surface area contributed by atoms with Gasteiger partial charge in [0.25, 0.3) is 0 Å². The molecule has 0 saturated carbocycles. The number of pyridine rings is 1. The van der Waals surface area contributed by atoms with Gasteiger partial charge in [0.05, 0.1) is 18.0 Å². The molecule has 4 rings (SSSR count). The van der Waals surface area contributed by atoms with Crippen LogP contribution in [0.4, 0.5) is 5.82 Å². The molecule has 0 N–H and O–H groups in total. The smallest absolute Gasteiger partial charge is 0.231 e. The van der Waals surface area contributed by atoms with E-state index in [2.05, 4.69) is 26.0 Å². The summed E-state index contributed by atoms with van der Waals surface area (Å²) in [6, 6.07) is 11.5. The molecular formula is C20H22N6O. The number of ether oxygens (including phenoxy) is 1. The van der Waals surface area contributed by atoms with E-state index in [0.29, 0.717) is 24.1 Å². The van der Waals surface area contributed by atoms with Crippen molar-refractivity contribution in [3.8, 4) is 11.9 Å². The summed E-state index contributed by atoms with van der Waals surface area (Å²) in [6.07, 6.45) is 2.06. The normalized spacial score (nSPS) is 15.1. The molecule has 1 aliphatic heterocycles. The lowest BCUT2D eigenvalue weighted by Gasteiger charge is -2.32. The Kier molecular flexibility index (Phi) is 4.63. The SMILES string of the molecule is Cc1nc2ccc(OCC3CCN(c4cccc(C#N)n4)CC3)nn2c1C. The Morgan fingerprint density at radius 3 is 2.74 bits per heavy atom. The summed E-state index contributed by atoms with van der Waals surface area (Å²) < 4.78 is 7.79. The number of nitrogens with zero attached hydrogens (tertiary/aromatic N) is 6. The lowest BCUT2D eigenvalue weighted by atomic mass is 9.98. The average molecular weight is 362 g/mol. The molecule has 138 valence electrons. The van der Waals surface area contributed by atoms with E-state index in [-0.39, 0.29) is 0 Å². The second-order valence-electron chi connectivity index (χ2n) is 6.96. The first-order valence-corrected chi connectivity index (χ1v) is 9.22. The Hall–Kier alpha value is -3.14. The summed E-state index contributed by atoms with van der Waals surface area (Å²) in [6.45, 7) is 6.49. The zero-order chi connectivity index (χ0) is 18.8. The van der Waals surface area contributed by atoms with Gasteiger partial charge in [-0.15, -0.1) is 5.10 Å². The highest BCUT2D eigenvalue weighted by molar-refractivity contribution is 5.43. The fraction of sp³-hybridized carbons (Fsp3) is 0.400.